The second-order valence-corrected chi connectivity index (χ2v) is 5.04. The number of hydrazone groups is 1. The van der Waals surface area contributed by atoms with E-state index >= 15 is 0 Å². The third-order valence-corrected chi connectivity index (χ3v) is 3.30. The fourth-order valence-electron chi connectivity index (χ4n) is 1.91. The van der Waals surface area contributed by atoms with Crippen molar-refractivity contribution in [2.24, 2.45) is 5.10 Å². The van der Waals surface area contributed by atoms with Gasteiger partial charge in [0.1, 0.15) is 5.82 Å². The quantitative estimate of drug-likeness (QED) is 0.482. The van der Waals surface area contributed by atoms with Crippen molar-refractivity contribution in [2.75, 3.05) is 39.4 Å². The summed E-state index contributed by atoms with van der Waals surface area (Å²) in [5.41, 5.74) is 3.54. The lowest BCUT2D eigenvalue weighted by atomic mass is 10.2. The SMILES string of the molecule is Fc1ccc(C=NNC(=S)NCCN2CCOCC2)cc1. The second-order valence-electron chi connectivity index (χ2n) is 4.63. The van der Waals surface area contributed by atoms with Crippen LogP contribution in [0.15, 0.2) is 29.4 Å². The molecule has 1 aliphatic rings. The van der Waals surface area contributed by atoms with E-state index in [1.807, 2.05) is 0 Å². The predicted octanol–water partition coefficient (Wildman–Crippen LogP) is 0.956. The molecule has 0 unspecified atom stereocenters. The van der Waals surface area contributed by atoms with Crippen LogP contribution in [-0.2, 0) is 4.74 Å². The van der Waals surface area contributed by atoms with E-state index in [2.05, 4.69) is 20.7 Å². The molecule has 0 spiro atoms. The highest BCUT2D eigenvalue weighted by atomic mass is 32.1. The molecule has 1 aromatic carbocycles. The minimum absolute atomic E-state index is 0.264. The summed E-state index contributed by atoms with van der Waals surface area (Å²) in [7, 11) is 0. The number of nitrogens with zero attached hydrogens (tertiary/aromatic N) is 2. The Kier molecular flexibility index (Phi) is 6.52. The van der Waals surface area contributed by atoms with E-state index in [4.69, 9.17) is 17.0 Å². The largest absolute Gasteiger partial charge is 0.379 e. The van der Waals surface area contributed by atoms with Gasteiger partial charge in [-0.2, -0.15) is 5.10 Å². The van der Waals surface area contributed by atoms with Crippen LogP contribution < -0.4 is 10.7 Å². The fraction of sp³-hybridized carbons (Fsp3) is 0.429. The zero-order valence-corrected chi connectivity index (χ0v) is 12.5. The van der Waals surface area contributed by atoms with Crippen LogP contribution in [-0.4, -0.2) is 55.6 Å². The maximum Gasteiger partial charge on any atom is 0.187 e. The summed E-state index contributed by atoms with van der Waals surface area (Å²) < 4.78 is 18.0. The number of nitrogens with one attached hydrogen (secondary N) is 2. The molecule has 0 aromatic heterocycles. The average Bonchev–Trinajstić information content (AvgIpc) is 2.50. The molecular weight excluding hydrogens is 291 g/mol. The molecule has 0 amide bonds. The van der Waals surface area contributed by atoms with Gasteiger partial charge in [-0.05, 0) is 29.9 Å². The van der Waals surface area contributed by atoms with Crippen molar-refractivity contribution in [3.8, 4) is 0 Å². The highest BCUT2D eigenvalue weighted by Crippen LogP contribution is 1.99. The van der Waals surface area contributed by atoms with Crippen LogP contribution in [0.4, 0.5) is 4.39 Å². The highest BCUT2D eigenvalue weighted by molar-refractivity contribution is 7.80. The van der Waals surface area contributed by atoms with Crippen LogP contribution in [0, 0.1) is 5.82 Å². The van der Waals surface area contributed by atoms with Crippen LogP contribution in [0.25, 0.3) is 0 Å². The zero-order chi connectivity index (χ0) is 14.9. The van der Waals surface area contributed by atoms with Crippen molar-refractivity contribution < 1.29 is 9.13 Å². The summed E-state index contributed by atoms with van der Waals surface area (Å²) in [4.78, 5) is 2.32. The van der Waals surface area contributed by atoms with Crippen LogP contribution in [0.1, 0.15) is 5.56 Å². The molecule has 1 aromatic rings. The molecule has 0 bridgehead atoms. The first kappa shape index (κ1) is 15.8. The summed E-state index contributed by atoms with van der Waals surface area (Å²) in [6.45, 7) is 5.20. The number of benzene rings is 1. The summed E-state index contributed by atoms with van der Waals surface area (Å²) >= 11 is 5.12. The normalized spacial score (nSPS) is 16.0. The van der Waals surface area contributed by atoms with Gasteiger partial charge in [0, 0.05) is 26.2 Å². The van der Waals surface area contributed by atoms with Crippen molar-refractivity contribution >= 4 is 23.5 Å². The monoisotopic (exact) mass is 310 g/mol. The minimum atomic E-state index is -0.264. The van der Waals surface area contributed by atoms with E-state index in [1.54, 1.807) is 18.3 Å². The molecule has 0 atom stereocenters. The third kappa shape index (κ3) is 6.16. The number of ether oxygens (including phenoxy) is 1. The molecule has 1 saturated heterocycles. The molecule has 0 radical (unpaired) electrons. The summed E-state index contributed by atoms with van der Waals surface area (Å²) in [6, 6.07) is 6.07. The Morgan fingerprint density at radius 3 is 2.76 bits per heavy atom. The minimum Gasteiger partial charge on any atom is -0.379 e. The molecule has 114 valence electrons. The first-order chi connectivity index (χ1) is 10.2. The Hall–Kier alpha value is -1.57. The molecule has 2 N–H and O–H groups in total. The molecule has 2 rings (SSSR count). The van der Waals surface area contributed by atoms with Crippen molar-refractivity contribution in [2.45, 2.75) is 0 Å². The lowest BCUT2D eigenvalue weighted by molar-refractivity contribution is 0.0389. The van der Waals surface area contributed by atoms with Gasteiger partial charge in [-0.25, -0.2) is 4.39 Å². The Morgan fingerprint density at radius 2 is 2.05 bits per heavy atom. The predicted molar refractivity (Wildman–Crippen MR) is 85.0 cm³/mol. The van der Waals surface area contributed by atoms with Gasteiger partial charge < -0.3 is 10.1 Å². The molecule has 7 heteroatoms. The number of hydrogen-bond donors (Lipinski definition) is 2. The number of thiocarbonyl (C=S) groups is 1. The number of halogens is 1. The van der Waals surface area contributed by atoms with Crippen LogP contribution >= 0.6 is 12.2 Å². The average molecular weight is 310 g/mol. The van der Waals surface area contributed by atoms with Gasteiger partial charge >= 0.3 is 0 Å². The lowest BCUT2D eigenvalue weighted by Crippen LogP contribution is -2.42. The molecule has 0 aliphatic carbocycles. The maximum atomic E-state index is 12.7. The van der Waals surface area contributed by atoms with Crippen LogP contribution in [0.2, 0.25) is 0 Å². The van der Waals surface area contributed by atoms with E-state index < -0.39 is 0 Å². The first-order valence-electron chi connectivity index (χ1n) is 6.86. The molecule has 5 nitrogen and oxygen atoms in total. The van der Waals surface area contributed by atoms with E-state index in [9.17, 15) is 4.39 Å². The molecule has 21 heavy (non-hydrogen) atoms. The van der Waals surface area contributed by atoms with E-state index in [0.29, 0.717) is 5.11 Å². The van der Waals surface area contributed by atoms with Gasteiger partial charge in [0.2, 0.25) is 0 Å². The molecule has 0 saturated carbocycles. The summed E-state index contributed by atoms with van der Waals surface area (Å²) in [6.07, 6.45) is 1.59. The van der Waals surface area contributed by atoms with Crippen molar-refractivity contribution in [1.29, 1.82) is 0 Å². The number of morpholine rings is 1. The Bertz CT molecular complexity index is 474. The first-order valence-corrected chi connectivity index (χ1v) is 7.27. The Balaban J connectivity index is 1.61. The van der Waals surface area contributed by atoms with Crippen LogP contribution in [0.5, 0.6) is 0 Å². The Labute approximate surface area is 129 Å². The standard InChI is InChI=1S/C14H19FN4OS/c15-13-3-1-12(2-4-13)11-17-18-14(21)16-5-6-19-7-9-20-10-8-19/h1-4,11H,5-10H2,(H2,16,18,21). The van der Waals surface area contributed by atoms with Gasteiger partial charge in [-0.3, -0.25) is 10.3 Å². The molecular formula is C14H19FN4OS. The van der Waals surface area contributed by atoms with Gasteiger partial charge in [0.05, 0.1) is 19.4 Å². The highest BCUT2D eigenvalue weighted by Gasteiger charge is 2.09. The number of hydrogen-bond acceptors (Lipinski definition) is 4. The van der Waals surface area contributed by atoms with Crippen LogP contribution in [0.3, 0.4) is 0 Å². The fourth-order valence-corrected chi connectivity index (χ4v) is 2.06. The molecule has 1 aliphatic heterocycles. The lowest BCUT2D eigenvalue weighted by Gasteiger charge is -2.26. The topological polar surface area (TPSA) is 48.9 Å². The van der Waals surface area contributed by atoms with Gasteiger partial charge in [0.15, 0.2) is 5.11 Å². The van der Waals surface area contributed by atoms with E-state index in [1.165, 1.54) is 12.1 Å². The van der Waals surface area contributed by atoms with E-state index in [0.717, 1.165) is 45.0 Å². The smallest absolute Gasteiger partial charge is 0.187 e. The van der Waals surface area contributed by atoms with Crippen molar-refractivity contribution in [3.63, 3.8) is 0 Å². The molecule has 1 fully saturated rings. The van der Waals surface area contributed by atoms with Gasteiger partial charge in [-0.1, -0.05) is 12.1 Å². The third-order valence-electron chi connectivity index (χ3n) is 3.07. The number of rotatable bonds is 5. The van der Waals surface area contributed by atoms with Crippen molar-refractivity contribution in [3.05, 3.63) is 35.6 Å². The summed E-state index contributed by atoms with van der Waals surface area (Å²) in [5, 5.41) is 7.57. The second kappa shape index (κ2) is 8.66. The maximum absolute atomic E-state index is 12.7. The zero-order valence-electron chi connectivity index (χ0n) is 11.7. The Morgan fingerprint density at radius 1 is 1.33 bits per heavy atom. The van der Waals surface area contributed by atoms with Gasteiger partial charge in [-0.15, -0.1) is 0 Å². The van der Waals surface area contributed by atoms with Crippen molar-refractivity contribution in [1.82, 2.24) is 15.6 Å². The summed E-state index contributed by atoms with van der Waals surface area (Å²) in [5.74, 6) is -0.264. The van der Waals surface area contributed by atoms with E-state index in [-0.39, 0.29) is 5.82 Å². The van der Waals surface area contributed by atoms with Gasteiger partial charge in [0.25, 0.3) is 0 Å². The molecule has 1 heterocycles.